The van der Waals surface area contributed by atoms with Crippen molar-refractivity contribution in [1.29, 1.82) is 0 Å². The van der Waals surface area contributed by atoms with Crippen LogP contribution in [0, 0.1) is 0 Å². The number of hydrogen-bond acceptors (Lipinski definition) is 2. The maximum atomic E-state index is 9.72. The smallest absolute Gasteiger partial charge is 0.103 e. The molecule has 1 atom stereocenters. The highest BCUT2D eigenvalue weighted by atomic mass is 79.9. The van der Waals surface area contributed by atoms with Crippen molar-refractivity contribution in [2.24, 2.45) is 0 Å². The van der Waals surface area contributed by atoms with Gasteiger partial charge in [-0.05, 0) is 29.7 Å². The van der Waals surface area contributed by atoms with E-state index in [0.29, 0.717) is 13.2 Å². The summed E-state index contributed by atoms with van der Waals surface area (Å²) in [5, 5.41) is 9.72. The van der Waals surface area contributed by atoms with E-state index >= 15 is 0 Å². The highest BCUT2D eigenvalue weighted by molar-refractivity contribution is 9.10. The normalized spacial score (nSPS) is 22.2. The van der Waals surface area contributed by atoms with E-state index in [1.165, 1.54) is 5.56 Å². The fourth-order valence-electron chi connectivity index (χ4n) is 1.57. The lowest BCUT2D eigenvalue weighted by Crippen LogP contribution is -2.04. The van der Waals surface area contributed by atoms with Crippen molar-refractivity contribution >= 4 is 15.9 Å². The van der Waals surface area contributed by atoms with Crippen LogP contribution in [0.4, 0.5) is 0 Å². The van der Waals surface area contributed by atoms with E-state index in [0.717, 1.165) is 16.5 Å². The molecule has 0 saturated heterocycles. The van der Waals surface area contributed by atoms with Gasteiger partial charge in [0.05, 0.1) is 13.2 Å². The third-order valence-electron chi connectivity index (χ3n) is 2.26. The van der Waals surface area contributed by atoms with Gasteiger partial charge >= 0.3 is 0 Å². The Balaban J connectivity index is 2.43. The third-order valence-corrected chi connectivity index (χ3v) is 2.75. The first-order valence-electron chi connectivity index (χ1n) is 4.31. The van der Waals surface area contributed by atoms with Crippen molar-refractivity contribution in [2.45, 2.75) is 12.5 Å². The molecule has 1 aliphatic rings. The Morgan fingerprint density at radius 3 is 3.15 bits per heavy atom. The minimum absolute atomic E-state index is 0.406. The molecule has 1 aromatic carbocycles. The van der Waals surface area contributed by atoms with Gasteiger partial charge in [-0.25, -0.2) is 0 Å². The summed E-state index contributed by atoms with van der Waals surface area (Å²) >= 11 is 3.39. The van der Waals surface area contributed by atoms with E-state index in [4.69, 9.17) is 4.74 Å². The maximum Gasteiger partial charge on any atom is 0.103 e. The lowest BCUT2D eigenvalue weighted by atomic mass is 10.0. The fourth-order valence-corrected chi connectivity index (χ4v) is 1.95. The number of aliphatic hydroxyl groups excluding tert-OH is 1. The van der Waals surface area contributed by atoms with Gasteiger partial charge in [0.1, 0.15) is 6.10 Å². The lowest BCUT2D eigenvalue weighted by Gasteiger charge is -2.10. The Bertz CT molecular complexity index is 312. The predicted molar refractivity (Wildman–Crippen MR) is 53.6 cm³/mol. The summed E-state index contributed by atoms with van der Waals surface area (Å²) in [5.41, 5.74) is 2.18. The van der Waals surface area contributed by atoms with Crippen LogP contribution in [0.25, 0.3) is 0 Å². The predicted octanol–water partition coefficient (Wildman–Crippen LogP) is 2.06. The van der Waals surface area contributed by atoms with Crippen molar-refractivity contribution in [3.63, 3.8) is 0 Å². The topological polar surface area (TPSA) is 29.5 Å². The zero-order valence-corrected chi connectivity index (χ0v) is 8.75. The molecule has 1 aromatic rings. The first kappa shape index (κ1) is 9.19. The number of benzene rings is 1. The Morgan fingerprint density at radius 2 is 2.31 bits per heavy atom. The largest absolute Gasteiger partial charge is 0.386 e. The van der Waals surface area contributed by atoms with Crippen molar-refractivity contribution in [1.82, 2.24) is 0 Å². The Labute approximate surface area is 85.7 Å². The first-order valence-corrected chi connectivity index (χ1v) is 5.11. The van der Waals surface area contributed by atoms with Crippen LogP contribution in [0.3, 0.4) is 0 Å². The van der Waals surface area contributed by atoms with Crippen molar-refractivity contribution in [2.75, 3.05) is 13.2 Å². The molecule has 2 rings (SSSR count). The fraction of sp³-hybridized carbons (Fsp3) is 0.400. The zero-order valence-electron chi connectivity index (χ0n) is 7.16. The molecule has 1 N–H and O–H groups in total. The second-order valence-electron chi connectivity index (χ2n) is 3.18. The summed E-state index contributed by atoms with van der Waals surface area (Å²) in [5.74, 6) is 0. The van der Waals surface area contributed by atoms with Crippen LogP contribution in [0.5, 0.6) is 0 Å². The van der Waals surface area contributed by atoms with Crippen LogP contribution in [-0.2, 0) is 11.2 Å². The zero-order chi connectivity index (χ0) is 9.26. The average Bonchev–Trinajstić information content (AvgIpc) is 2.29. The summed E-state index contributed by atoms with van der Waals surface area (Å²) in [6.07, 6.45) is 0.412. The summed E-state index contributed by atoms with van der Waals surface area (Å²) in [6, 6.07) is 6.00. The molecule has 1 aliphatic heterocycles. The molecule has 0 spiro atoms. The molecule has 0 aromatic heterocycles. The van der Waals surface area contributed by atoms with Gasteiger partial charge in [-0.3, -0.25) is 0 Å². The molecule has 1 heterocycles. The minimum Gasteiger partial charge on any atom is -0.386 e. The summed E-state index contributed by atoms with van der Waals surface area (Å²) in [6.45, 7) is 1.11. The van der Waals surface area contributed by atoms with Gasteiger partial charge in [0.2, 0.25) is 0 Å². The molecular weight excluding hydrogens is 232 g/mol. The summed E-state index contributed by atoms with van der Waals surface area (Å²) in [7, 11) is 0. The molecule has 1 unspecified atom stereocenters. The van der Waals surface area contributed by atoms with Crippen LogP contribution < -0.4 is 0 Å². The average molecular weight is 243 g/mol. The molecule has 13 heavy (non-hydrogen) atoms. The van der Waals surface area contributed by atoms with E-state index < -0.39 is 6.10 Å². The van der Waals surface area contributed by atoms with E-state index in [-0.39, 0.29) is 0 Å². The number of aliphatic hydroxyl groups is 1. The van der Waals surface area contributed by atoms with Crippen LogP contribution in [-0.4, -0.2) is 18.3 Å². The highest BCUT2D eigenvalue weighted by Gasteiger charge is 2.16. The van der Waals surface area contributed by atoms with Gasteiger partial charge in [-0.2, -0.15) is 0 Å². The molecule has 0 saturated carbocycles. The van der Waals surface area contributed by atoms with E-state index in [1.807, 2.05) is 18.2 Å². The van der Waals surface area contributed by atoms with Gasteiger partial charge < -0.3 is 9.84 Å². The van der Waals surface area contributed by atoms with Crippen molar-refractivity contribution in [3.05, 3.63) is 33.8 Å². The molecule has 0 fully saturated rings. The van der Waals surface area contributed by atoms with Crippen LogP contribution in [0.15, 0.2) is 22.7 Å². The quantitative estimate of drug-likeness (QED) is 0.755. The minimum atomic E-state index is -0.477. The van der Waals surface area contributed by atoms with Gasteiger partial charge in [0.15, 0.2) is 0 Å². The first-order chi connectivity index (χ1) is 6.27. The number of ether oxygens (including phenoxy) is 1. The Kier molecular flexibility index (Phi) is 2.67. The molecule has 70 valence electrons. The number of halogens is 1. The van der Waals surface area contributed by atoms with Crippen LogP contribution >= 0.6 is 15.9 Å². The molecule has 3 heteroatoms. The van der Waals surface area contributed by atoms with Crippen LogP contribution in [0.1, 0.15) is 17.2 Å². The molecule has 0 bridgehead atoms. The highest BCUT2D eigenvalue weighted by Crippen LogP contribution is 2.25. The third kappa shape index (κ3) is 1.93. The maximum absolute atomic E-state index is 9.72. The SMILES string of the molecule is OC1COCCc2ccc(Br)cc21. The summed E-state index contributed by atoms with van der Waals surface area (Å²) in [4.78, 5) is 0. The monoisotopic (exact) mass is 242 g/mol. The number of rotatable bonds is 0. The molecule has 0 amide bonds. The second-order valence-corrected chi connectivity index (χ2v) is 4.10. The van der Waals surface area contributed by atoms with Crippen molar-refractivity contribution in [3.8, 4) is 0 Å². The summed E-state index contributed by atoms with van der Waals surface area (Å²) < 4.78 is 6.27. The Hall–Kier alpha value is -0.380. The molecule has 0 aliphatic carbocycles. The molecule has 2 nitrogen and oxygen atoms in total. The number of hydrogen-bond donors (Lipinski definition) is 1. The standard InChI is InChI=1S/C10H11BrO2/c11-8-2-1-7-3-4-13-6-10(12)9(7)5-8/h1-2,5,10,12H,3-4,6H2. The van der Waals surface area contributed by atoms with Crippen molar-refractivity contribution < 1.29 is 9.84 Å². The number of fused-ring (bicyclic) bond motifs is 1. The lowest BCUT2D eigenvalue weighted by molar-refractivity contribution is 0.0451. The van der Waals surface area contributed by atoms with E-state index in [9.17, 15) is 5.11 Å². The van der Waals surface area contributed by atoms with Gasteiger partial charge in [-0.15, -0.1) is 0 Å². The van der Waals surface area contributed by atoms with Gasteiger partial charge in [-0.1, -0.05) is 22.0 Å². The molecule has 0 radical (unpaired) electrons. The van der Waals surface area contributed by atoms with Crippen LogP contribution in [0.2, 0.25) is 0 Å². The second kappa shape index (κ2) is 3.78. The Morgan fingerprint density at radius 1 is 1.46 bits per heavy atom. The van der Waals surface area contributed by atoms with E-state index in [2.05, 4.69) is 15.9 Å². The van der Waals surface area contributed by atoms with E-state index in [1.54, 1.807) is 0 Å². The van der Waals surface area contributed by atoms with Gasteiger partial charge in [0, 0.05) is 4.47 Å². The van der Waals surface area contributed by atoms with Gasteiger partial charge in [0.25, 0.3) is 0 Å². The molecular formula is C10H11BrO2.